The standard InChI is InChI=1S/C17H13BrN4OS/c18-13-3-1-12(2-4-13)17-22(16(23)9-24-17)15-7-5-14(6-8-15)21-11-19-10-20-21/h1-8,10-11,17H,9H2. The molecule has 120 valence electrons. The summed E-state index contributed by atoms with van der Waals surface area (Å²) >= 11 is 5.10. The number of halogens is 1. The van der Waals surface area contributed by atoms with Crippen LogP contribution in [0.1, 0.15) is 10.9 Å². The highest BCUT2D eigenvalue weighted by Gasteiger charge is 2.33. The van der Waals surface area contributed by atoms with Crippen molar-refractivity contribution in [3.05, 3.63) is 71.2 Å². The van der Waals surface area contributed by atoms with Gasteiger partial charge < -0.3 is 0 Å². The highest BCUT2D eigenvalue weighted by Crippen LogP contribution is 2.42. The number of nitrogens with zero attached hydrogens (tertiary/aromatic N) is 4. The van der Waals surface area contributed by atoms with Crippen LogP contribution in [0.5, 0.6) is 0 Å². The monoisotopic (exact) mass is 400 g/mol. The van der Waals surface area contributed by atoms with E-state index in [0.717, 1.165) is 21.4 Å². The highest BCUT2D eigenvalue weighted by atomic mass is 79.9. The van der Waals surface area contributed by atoms with Gasteiger partial charge in [0.25, 0.3) is 0 Å². The molecular formula is C17H13BrN4OS. The summed E-state index contributed by atoms with van der Waals surface area (Å²) in [5.74, 6) is 0.618. The van der Waals surface area contributed by atoms with Gasteiger partial charge in [-0.15, -0.1) is 11.8 Å². The van der Waals surface area contributed by atoms with Gasteiger partial charge in [0, 0.05) is 10.2 Å². The molecule has 0 aliphatic carbocycles. The van der Waals surface area contributed by atoms with Crippen molar-refractivity contribution in [1.29, 1.82) is 0 Å². The summed E-state index contributed by atoms with van der Waals surface area (Å²) in [6.07, 6.45) is 3.15. The van der Waals surface area contributed by atoms with Crippen molar-refractivity contribution in [2.75, 3.05) is 10.7 Å². The molecule has 3 aromatic rings. The summed E-state index contributed by atoms with van der Waals surface area (Å²) < 4.78 is 2.72. The second kappa shape index (κ2) is 6.41. The van der Waals surface area contributed by atoms with Crippen molar-refractivity contribution >= 4 is 39.3 Å². The van der Waals surface area contributed by atoms with Crippen LogP contribution in [-0.2, 0) is 4.79 Å². The van der Waals surface area contributed by atoms with Gasteiger partial charge in [-0.3, -0.25) is 9.69 Å². The molecule has 0 N–H and O–H groups in total. The second-order valence-electron chi connectivity index (χ2n) is 5.34. The van der Waals surface area contributed by atoms with Gasteiger partial charge in [-0.1, -0.05) is 28.1 Å². The molecule has 7 heteroatoms. The Kier molecular flexibility index (Phi) is 4.12. The smallest absolute Gasteiger partial charge is 0.238 e. The first-order valence-electron chi connectivity index (χ1n) is 7.36. The molecule has 1 aliphatic rings. The number of carbonyl (C=O) groups excluding carboxylic acids is 1. The molecule has 0 bridgehead atoms. The number of benzene rings is 2. The lowest BCUT2D eigenvalue weighted by atomic mass is 10.2. The normalized spacial score (nSPS) is 17.5. The van der Waals surface area contributed by atoms with E-state index in [-0.39, 0.29) is 11.3 Å². The number of anilines is 1. The van der Waals surface area contributed by atoms with Gasteiger partial charge in [0.2, 0.25) is 5.91 Å². The van der Waals surface area contributed by atoms with Crippen LogP contribution >= 0.6 is 27.7 Å². The molecule has 0 saturated carbocycles. The highest BCUT2D eigenvalue weighted by molar-refractivity contribution is 9.10. The first-order chi connectivity index (χ1) is 11.7. The molecule has 4 rings (SSSR count). The molecule has 1 aliphatic heterocycles. The first kappa shape index (κ1) is 15.4. The van der Waals surface area contributed by atoms with Crippen LogP contribution in [0.3, 0.4) is 0 Å². The molecule has 2 aromatic carbocycles. The number of aromatic nitrogens is 3. The van der Waals surface area contributed by atoms with Crippen molar-refractivity contribution in [3.63, 3.8) is 0 Å². The van der Waals surface area contributed by atoms with Gasteiger partial charge >= 0.3 is 0 Å². The van der Waals surface area contributed by atoms with E-state index in [9.17, 15) is 4.79 Å². The largest absolute Gasteiger partial charge is 0.295 e. The van der Waals surface area contributed by atoms with Gasteiger partial charge in [0.1, 0.15) is 18.0 Å². The van der Waals surface area contributed by atoms with E-state index in [1.165, 1.54) is 6.33 Å². The minimum atomic E-state index is 0.00261. The lowest BCUT2D eigenvalue weighted by Gasteiger charge is -2.24. The third kappa shape index (κ3) is 2.85. The fraction of sp³-hybridized carbons (Fsp3) is 0.118. The first-order valence-corrected chi connectivity index (χ1v) is 9.21. The summed E-state index contributed by atoms with van der Waals surface area (Å²) in [5, 5.41) is 4.12. The number of hydrogen-bond donors (Lipinski definition) is 0. The number of hydrogen-bond acceptors (Lipinski definition) is 4. The summed E-state index contributed by atoms with van der Waals surface area (Å²) in [6.45, 7) is 0. The number of carbonyl (C=O) groups is 1. The Hall–Kier alpha value is -2.12. The average molecular weight is 401 g/mol. The summed E-state index contributed by atoms with van der Waals surface area (Å²) in [7, 11) is 0. The molecule has 1 amide bonds. The molecule has 1 aromatic heterocycles. The Morgan fingerprint density at radius 3 is 2.42 bits per heavy atom. The van der Waals surface area contributed by atoms with Crippen LogP contribution in [0.25, 0.3) is 5.69 Å². The van der Waals surface area contributed by atoms with Crippen LogP contribution < -0.4 is 4.90 Å². The molecule has 1 saturated heterocycles. The third-order valence-corrected chi connectivity index (χ3v) is 5.58. The molecule has 0 radical (unpaired) electrons. The van der Waals surface area contributed by atoms with E-state index in [0.29, 0.717) is 5.75 Å². The molecule has 0 spiro atoms. The zero-order chi connectivity index (χ0) is 16.5. The average Bonchev–Trinajstić information content (AvgIpc) is 3.26. The zero-order valence-corrected chi connectivity index (χ0v) is 14.9. The third-order valence-electron chi connectivity index (χ3n) is 3.83. The Bertz CT molecular complexity index is 849. The number of amides is 1. The van der Waals surface area contributed by atoms with Crippen molar-refractivity contribution in [2.45, 2.75) is 5.37 Å². The fourth-order valence-corrected chi connectivity index (χ4v) is 4.13. The Balaban J connectivity index is 1.65. The minimum absolute atomic E-state index is 0.00261. The molecule has 2 heterocycles. The maximum Gasteiger partial charge on any atom is 0.238 e. The van der Waals surface area contributed by atoms with Crippen LogP contribution in [-0.4, -0.2) is 26.4 Å². The molecule has 5 nitrogen and oxygen atoms in total. The summed E-state index contributed by atoms with van der Waals surface area (Å²) in [5.41, 5.74) is 2.92. The minimum Gasteiger partial charge on any atom is -0.295 e. The van der Waals surface area contributed by atoms with E-state index >= 15 is 0 Å². The second-order valence-corrected chi connectivity index (χ2v) is 7.32. The van der Waals surface area contributed by atoms with Crippen molar-refractivity contribution < 1.29 is 4.79 Å². The number of rotatable bonds is 3. The van der Waals surface area contributed by atoms with Crippen molar-refractivity contribution in [3.8, 4) is 5.69 Å². The van der Waals surface area contributed by atoms with Crippen LogP contribution in [0, 0.1) is 0 Å². The predicted molar refractivity (Wildman–Crippen MR) is 98.2 cm³/mol. The maximum absolute atomic E-state index is 12.4. The van der Waals surface area contributed by atoms with Crippen LogP contribution in [0.15, 0.2) is 65.7 Å². The maximum atomic E-state index is 12.4. The van der Waals surface area contributed by atoms with E-state index in [4.69, 9.17) is 0 Å². The Morgan fingerprint density at radius 2 is 1.75 bits per heavy atom. The Labute approximate surface area is 151 Å². The molecule has 1 unspecified atom stereocenters. The van der Waals surface area contributed by atoms with Crippen molar-refractivity contribution in [1.82, 2.24) is 14.8 Å². The van der Waals surface area contributed by atoms with E-state index in [1.54, 1.807) is 22.8 Å². The lowest BCUT2D eigenvalue weighted by Crippen LogP contribution is -2.27. The quantitative estimate of drug-likeness (QED) is 0.670. The summed E-state index contributed by atoms with van der Waals surface area (Å²) in [4.78, 5) is 18.2. The van der Waals surface area contributed by atoms with E-state index < -0.39 is 0 Å². The lowest BCUT2D eigenvalue weighted by molar-refractivity contribution is -0.115. The molecule has 24 heavy (non-hydrogen) atoms. The predicted octanol–water partition coefficient (Wildman–Crippen LogP) is 3.81. The molecular weight excluding hydrogens is 388 g/mol. The zero-order valence-electron chi connectivity index (χ0n) is 12.5. The van der Waals surface area contributed by atoms with E-state index in [2.05, 4.69) is 38.1 Å². The van der Waals surface area contributed by atoms with Gasteiger partial charge in [0.15, 0.2) is 0 Å². The topological polar surface area (TPSA) is 51.0 Å². The van der Waals surface area contributed by atoms with E-state index in [1.807, 2.05) is 41.3 Å². The summed E-state index contributed by atoms with van der Waals surface area (Å²) in [6, 6.07) is 15.9. The van der Waals surface area contributed by atoms with Crippen molar-refractivity contribution in [2.24, 2.45) is 0 Å². The Morgan fingerprint density at radius 1 is 1.04 bits per heavy atom. The molecule has 1 atom stereocenters. The van der Waals surface area contributed by atoms with Gasteiger partial charge in [-0.05, 0) is 42.0 Å². The van der Waals surface area contributed by atoms with Crippen LogP contribution in [0.4, 0.5) is 5.69 Å². The van der Waals surface area contributed by atoms with Gasteiger partial charge in [-0.25, -0.2) is 9.67 Å². The van der Waals surface area contributed by atoms with Crippen LogP contribution in [0.2, 0.25) is 0 Å². The van der Waals surface area contributed by atoms with Gasteiger partial charge in [0.05, 0.1) is 11.4 Å². The van der Waals surface area contributed by atoms with Gasteiger partial charge in [-0.2, -0.15) is 5.10 Å². The SMILES string of the molecule is O=C1CSC(c2ccc(Br)cc2)N1c1ccc(-n2cncn2)cc1. The number of thioether (sulfide) groups is 1. The fourth-order valence-electron chi connectivity index (χ4n) is 2.68. The molecule has 1 fully saturated rings.